The Morgan fingerprint density at radius 1 is 1.17 bits per heavy atom. The van der Waals surface area contributed by atoms with Gasteiger partial charge in [-0.3, -0.25) is 9.52 Å². The van der Waals surface area contributed by atoms with Crippen molar-refractivity contribution in [3.05, 3.63) is 70.2 Å². The van der Waals surface area contributed by atoms with Crippen LogP contribution in [0.15, 0.2) is 58.9 Å². The second-order valence-corrected chi connectivity index (χ2v) is 12.4. The van der Waals surface area contributed by atoms with Gasteiger partial charge in [0, 0.05) is 43.3 Å². The molecular weight excluding hydrogens is 516 g/mol. The maximum absolute atomic E-state index is 13.4. The molecule has 5 rings (SSSR count). The predicted molar refractivity (Wildman–Crippen MR) is 147 cm³/mol. The lowest BCUT2D eigenvalue weighted by atomic mass is 9.89. The summed E-state index contributed by atoms with van der Waals surface area (Å²) in [5.41, 5.74) is 3.42. The third-order valence-corrected chi connectivity index (χ3v) is 9.55. The second-order valence-electron chi connectivity index (χ2n) is 9.36. The summed E-state index contributed by atoms with van der Waals surface area (Å²) in [6, 6.07) is 12.8. The summed E-state index contributed by atoms with van der Waals surface area (Å²) >= 11 is 7.42. The van der Waals surface area contributed by atoms with E-state index in [9.17, 15) is 13.2 Å². The van der Waals surface area contributed by atoms with E-state index in [0.29, 0.717) is 24.1 Å². The molecule has 2 aliphatic heterocycles. The molecule has 1 amide bonds. The zero-order chi connectivity index (χ0) is 25.3. The Morgan fingerprint density at radius 3 is 2.61 bits per heavy atom. The van der Waals surface area contributed by atoms with Gasteiger partial charge in [-0.25, -0.2) is 13.4 Å². The van der Waals surface area contributed by atoms with Gasteiger partial charge < -0.3 is 9.80 Å². The molecule has 1 atom stereocenters. The maximum atomic E-state index is 13.4. The summed E-state index contributed by atoms with van der Waals surface area (Å²) in [6.45, 7) is 4.25. The molecule has 36 heavy (non-hydrogen) atoms. The van der Waals surface area contributed by atoms with Gasteiger partial charge in [0.05, 0.1) is 4.90 Å². The normalized spacial score (nSPS) is 17.5. The van der Waals surface area contributed by atoms with E-state index in [1.807, 2.05) is 42.2 Å². The van der Waals surface area contributed by atoms with Crippen molar-refractivity contribution < 1.29 is 14.6 Å². The maximum Gasteiger partial charge on any atom is 0.263 e. The first-order chi connectivity index (χ1) is 17.3. The molecule has 1 saturated heterocycles. The third kappa shape index (κ3) is 5.23. The Morgan fingerprint density at radius 2 is 1.92 bits per heavy atom. The molecule has 0 unspecified atom stereocenters. The Balaban J connectivity index is 0.00000320. The van der Waals surface area contributed by atoms with Crippen molar-refractivity contribution in [2.24, 2.45) is 0 Å². The molecule has 1 aromatic heterocycles. The summed E-state index contributed by atoms with van der Waals surface area (Å²) in [5, 5.41) is 2.81. The van der Waals surface area contributed by atoms with Crippen LogP contribution in [-0.4, -0.2) is 49.9 Å². The lowest BCUT2D eigenvalue weighted by Gasteiger charge is -2.40. The number of fused-ring (bicyclic) bond motifs is 1. The number of sulfonamides is 1. The number of hydrogen-bond donors (Lipinski definition) is 1. The fraction of sp³-hybridized carbons (Fsp3) is 0.385. The van der Waals surface area contributed by atoms with E-state index in [-0.39, 0.29) is 18.3 Å². The van der Waals surface area contributed by atoms with Gasteiger partial charge in [-0.05, 0) is 80.0 Å². The van der Waals surface area contributed by atoms with Gasteiger partial charge >= 0.3 is 0 Å². The first-order valence-electron chi connectivity index (χ1n) is 12.2. The van der Waals surface area contributed by atoms with E-state index in [4.69, 9.17) is 11.6 Å². The van der Waals surface area contributed by atoms with Crippen molar-refractivity contribution in [3.63, 3.8) is 0 Å². The van der Waals surface area contributed by atoms with Crippen molar-refractivity contribution in [2.45, 2.75) is 49.5 Å². The zero-order valence-electron chi connectivity index (χ0n) is 20.1. The molecule has 7 nitrogen and oxygen atoms in total. The number of nitrogens with zero attached hydrogens (tertiary/aromatic N) is 3. The summed E-state index contributed by atoms with van der Waals surface area (Å²) in [7, 11) is -3.66. The van der Waals surface area contributed by atoms with Crippen LogP contribution in [0.4, 0.5) is 10.8 Å². The highest BCUT2D eigenvalue weighted by Gasteiger charge is 2.32. The van der Waals surface area contributed by atoms with Crippen LogP contribution < -0.4 is 9.62 Å². The number of thiazole rings is 1. The highest BCUT2D eigenvalue weighted by Crippen LogP contribution is 2.33. The van der Waals surface area contributed by atoms with E-state index >= 15 is 0 Å². The Bertz CT molecular complexity index is 1330. The molecule has 1 fully saturated rings. The fourth-order valence-electron chi connectivity index (χ4n) is 5.19. The van der Waals surface area contributed by atoms with Crippen molar-refractivity contribution >= 4 is 49.7 Å². The molecule has 0 radical (unpaired) electrons. The van der Waals surface area contributed by atoms with Gasteiger partial charge in [0.2, 0.25) is 5.91 Å². The van der Waals surface area contributed by atoms with Gasteiger partial charge in [-0.2, -0.15) is 0 Å². The van der Waals surface area contributed by atoms with Gasteiger partial charge in [-0.15, -0.1) is 11.3 Å². The van der Waals surface area contributed by atoms with Crippen LogP contribution in [0.5, 0.6) is 0 Å². The number of anilines is 2. The monoisotopic (exact) mass is 546 g/mol. The number of amides is 1. The number of aryl methyl sites for hydroxylation is 1. The number of benzene rings is 2. The van der Waals surface area contributed by atoms with E-state index in [2.05, 4.69) is 14.6 Å². The number of likely N-dealkylation sites (tertiary alicyclic amines) is 1. The highest BCUT2D eigenvalue weighted by atomic mass is 35.5. The molecule has 2 aliphatic rings. The van der Waals surface area contributed by atoms with Gasteiger partial charge in [-0.1, -0.05) is 23.7 Å². The van der Waals surface area contributed by atoms with E-state index < -0.39 is 10.0 Å². The first kappa shape index (κ1) is 25.0. The van der Waals surface area contributed by atoms with Crippen molar-refractivity contribution in [2.75, 3.05) is 29.3 Å². The second kappa shape index (κ2) is 10.4. The minimum Gasteiger partial charge on any atom is -0.360 e. The Kier molecular flexibility index (Phi) is 7.23. The van der Waals surface area contributed by atoms with Crippen LogP contribution in [0.25, 0.3) is 0 Å². The molecular formula is C26H31ClN4O3S2. The number of rotatable bonds is 6. The van der Waals surface area contributed by atoms with Crippen LogP contribution in [0.1, 0.15) is 44.7 Å². The van der Waals surface area contributed by atoms with Crippen LogP contribution in [0.2, 0.25) is 5.02 Å². The third-order valence-electron chi connectivity index (χ3n) is 7.14. The molecule has 0 bridgehead atoms. The number of carbonyl (C=O) groups excluding carboxylic acids is 1. The number of halogens is 1. The smallest absolute Gasteiger partial charge is 0.263 e. The number of aromatic nitrogens is 1. The van der Waals surface area contributed by atoms with E-state index in [1.165, 1.54) is 16.9 Å². The number of nitrogens with one attached hydrogen (secondary N) is 1. The van der Waals surface area contributed by atoms with Gasteiger partial charge in [0.15, 0.2) is 5.13 Å². The molecule has 0 spiro atoms. The number of hydrogen-bond acceptors (Lipinski definition) is 6. The Hall–Kier alpha value is -2.62. The molecule has 0 aliphatic carbocycles. The van der Waals surface area contributed by atoms with Crippen LogP contribution in [-0.2, 0) is 21.2 Å². The average Bonchev–Trinajstić information content (AvgIpc) is 3.40. The lowest BCUT2D eigenvalue weighted by Crippen LogP contribution is -2.50. The fourth-order valence-corrected chi connectivity index (χ4v) is 7.18. The van der Waals surface area contributed by atoms with Crippen LogP contribution in [0.3, 0.4) is 0 Å². The Labute approximate surface area is 222 Å². The molecule has 3 heterocycles. The predicted octanol–water partition coefficient (Wildman–Crippen LogP) is 5.39. The topological polar surface area (TPSA) is 82.6 Å². The molecule has 2 aromatic carbocycles. The van der Waals surface area contributed by atoms with Crippen LogP contribution in [0, 0.1) is 0 Å². The molecule has 0 saturated carbocycles. The quantitative estimate of drug-likeness (QED) is 0.448. The van der Waals surface area contributed by atoms with Gasteiger partial charge in [0.1, 0.15) is 6.04 Å². The number of piperidine rings is 1. The largest absolute Gasteiger partial charge is 0.360 e. The van der Waals surface area contributed by atoms with Crippen molar-refractivity contribution in [3.8, 4) is 0 Å². The minimum absolute atomic E-state index is 0. The number of carbonyl (C=O) groups is 1. The van der Waals surface area contributed by atoms with Crippen molar-refractivity contribution in [1.29, 1.82) is 0 Å². The van der Waals surface area contributed by atoms with E-state index in [0.717, 1.165) is 48.5 Å². The lowest BCUT2D eigenvalue weighted by molar-refractivity contribution is -0.133. The molecule has 3 aromatic rings. The standard InChI is InChI=1S/C26H29ClN4O3S2.H2/c1-18(31-13-2-3-21-17-22(27)6-9-24(21)31)25(32)30-14-10-20(11-15-30)19-4-7-23(8-5-19)36(33,34)29-26-28-12-16-35-26;/h4-9,12,16-18,20H,2-3,10-11,13-15H2,1H3,(H,28,29);1H/t18-;/m1./s1. The minimum atomic E-state index is -3.66. The summed E-state index contributed by atoms with van der Waals surface area (Å²) in [4.78, 5) is 21.8. The van der Waals surface area contributed by atoms with E-state index in [1.54, 1.807) is 23.7 Å². The molecule has 192 valence electrons. The van der Waals surface area contributed by atoms with Crippen molar-refractivity contribution in [1.82, 2.24) is 9.88 Å². The molecule has 10 heteroatoms. The van der Waals surface area contributed by atoms with Gasteiger partial charge in [0.25, 0.3) is 10.0 Å². The zero-order valence-corrected chi connectivity index (χ0v) is 22.5. The summed E-state index contributed by atoms with van der Waals surface area (Å²) in [6.07, 6.45) is 5.27. The summed E-state index contributed by atoms with van der Waals surface area (Å²) in [5.74, 6) is 0.455. The SMILES string of the molecule is C[C@H](C(=O)N1CCC(c2ccc(S(=O)(=O)Nc3nccs3)cc2)CC1)N1CCCc2cc(Cl)ccc21.[HH]. The summed E-state index contributed by atoms with van der Waals surface area (Å²) < 4.78 is 27.7. The average molecular weight is 547 g/mol. The highest BCUT2D eigenvalue weighted by molar-refractivity contribution is 7.93. The van der Waals surface area contributed by atoms with Crippen LogP contribution >= 0.6 is 22.9 Å². The molecule has 1 N–H and O–H groups in total. The first-order valence-corrected chi connectivity index (χ1v) is 14.9.